The third kappa shape index (κ3) is 3.95. The summed E-state index contributed by atoms with van der Waals surface area (Å²) in [5, 5.41) is 0. The Morgan fingerprint density at radius 2 is 1.64 bits per heavy atom. The first-order valence-electron chi connectivity index (χ1n) is 6.97. The first-order valence-corrected chi connectivity index (χ1v) is 6.97. The number of ether oxygens (including phenoxy) is 1. The van der Waals surface area contributed by atoms with Gasteiger partial charge in [0.15, 0.2) is 0 Å². The number of benzene rings is 1. The van der Waals surface area contributed by atoms with Crippen molar-refractivity contribution < 1.29 is 26.7 Å². The van der Waals surface area contributed by atoms with Crippen molar-refractivity contribution in [1.29, 1.82) is 0 Å². The molecular formula is C15H17F5NO. The molecule has 0 N–H and O–H groups in total. The van der Waals surface area contributed by atoms with E-state index >= 15 is 0 Å². The summed E-state index contributed by atoms with van der Waals surface area (Å²) in [6, 6.07) is 4.62. The van der Waals surface area contributed by atoms with E-state index in [2.05, 4.69) is 6.42 Å². The molecule has 1 fully saturated rings. The van der Waals surface area contributed by atoms with Crippen molar-refractivity contribution in [1.82, 2.24) is 4.90 Å². The average molecular weight is 322 g/mol. The van der Waals surface area contributed by atoms with Gasteiger partial charge in [-0.05, 0) is 24.8 Å². The first kappa shape index (κ1) is 17.1. The molecule has 0 aliphatic carbocycles. The molecule has 0 atom stereocenters. The minimum Gasteiger partial charge on any atom is -0.361 e. The molecular weight excluding hydrogens is 305 g/mol. The summed E-state index contributed by atoms with van der Waals surface area (Å²) in [7, 11) is 0. The van der Waals surface area contributed by atoms with Crippen molar-refractivity contribution in [3.05, 3.63) is 41.8 Å². The zero-order chi connectivity index (χ0) is 16.2. The smallest absolute Gasteiger partial charge is 0.361 e. The molecule has 22 heavy (non-hydrogen) atoms. The van der Waals surface area contributed by atoms with Gasteiger partial charge in [0.05, 0.1) is 13.3 Å². The van der Waals surface area contributed by atoms with E-state index in [1.54, 1.807) is 0 Å². The Kier molecular flexibility index (Phi) is 5.39. The molecule has 1 aromatic carbocycles. The number of rotatable bonds is 5. The standard InChI is InChI=1S/C15H17F5NO/c16-14(17,15(18,19)20)13-7-3-2-6-12(13)10-22-11-21-8-4-1-5-9-21/h1-3,6-7H,4-5,8-11H2. The van der Waals surface area contributed by atoms with Gasteiger partial charge in [0.2, 0.25) is 0 Å². The van der Waals surface area contributed by atoms with Crippen LogP contribution in [-0.2, 0) is 17.3 Å². The van der Waals surface area contributed by atoms with Crippen LogP contribution in [0.3, 0.4) is 0 Å². The van der Waals surface area contributed by atoms with Crippen LogP contribution in [0.1, 0.15) is 24.0 Å². The van der Waals surface area contributed by atoms with Gasteiger partial charge in [-0.2, -0.15) is 22.0 Å². The van der Waals surface area contributed by atoms with E-state index in [4.69, 9.17) is 4.74 Å². The first-order chi connectivity index (χ1) is 10.3. The van der Waals surface area contributed by atoms with Crippen LogP contribution in [0.5, 0.6) is 0 Å². The van der Waals surface area contributed by atoms with E-state index in [9.17, 15) is 22.0 Å². The fourth-order valence-corrected chi connectivity index (χ4v) is 2.32. The lowest BCUT2D eigenvalue weighted by Gasteiger charge is -2.26. The van der Waals surface area contributed by atoms with Gasteiger partial charge in [-0.1, -0.05) is 24.3 Å². The number of alkyl halides is 5. The lowest BCUT2D eigenvalue weighted by atomic mass is 10.0. The van der Waals surface area contributed by atoms with Gasteiger partial charge in [0, 0.05) is 18.7 Å². The summed E-state index contributed by atoms with van der Waals surface area (Å²) in [5.41, 5.74) is -1.19. The van der Waals surface area contributed by atoms with Gasteiger partial charge in [0.1, 0.15) is 0 Å². The molecule has 1 aliphatic heterocycles. The predicted octanol–water partition coefficient (Wildman–Crippen LogP) is 4.11. The van der Waals surface area contributed by atoms with Crippen LogP contribution in [0.4, 0.5) is 22.0 Å². The molecule has 1 radical (unpaired) electrons. The molecule has 1 aliphatic rings. The average Bonchev–Trinajstić information content (AvgIpc) is 2.47. The molecule has 1 heterocycles. The molecule has 0 saturated carbocycles. The summed E-state index contributed by atoms with van der Waals surface area (Å²) < 4.78 is 69.9. The molecule has 0 aromatic heterocycles. The largest absolute Gasteiger partial charge is 0.458 e. The minimum atomic E-state index is -5.62. The van der Waals surface area contributed by atoms with Crippen LogP contribution in [0.25, 0.3) is 0 Å². The van der Waals surface area contributed by atoms with E-state index in [1.807, 2.05) is 4.90 Å². The summed E-state index contributed by atoms with van der Waals surface area (Å²) in [6.45, 7) is 1.56. The monoisotopic (exact) mass is 322 g/mol. The van der Waals surface area contributed by atoms with Crippen molar-refractivity contribution in [2.45, 2.75) is 31.5 Å². The summed E-state index contributed by atoms with van der Waals surface area (Å²) in [6.07, 6.45) is -1.63. The van der Waals surface area contributed by atoms with Gasteiger partial charge in [-0.15, -0.1) is 0 Å². The van der Waals surface area contributed by atoms with Crippen LogP contribution in [-0.4, -0.2) is 30.9 Å². The van der Waals surface area contributed by atoms with Crippen LogP contribution in [0, 0.1) is 6.42 Å². The van der Waals surface area contributed by atoms with E-state index in [0.717, 1.165) is 32.0 Å². The molecule has 123 valence electrons. The number of nitrogens with zero attached hydrogens (tertiary/aromatic N) is 1. The van der Waals surface area contributed by atoms with Crippen LogP contribution in [0.15, 0.2) is 24.3 Å². The lowest BCUT2D eigenvalue weighted by Crippen LogP contribution is -2.35. The van der Waals surface area contributed by atoms with Gasteiger partial charge >= 0.3 is 12.1 Å². The highest BCUT2D eigenvalue weighted by Gasteiger charge is 2.59. The molecule has 0 unspecified atom stereocenters. The number of hydrogen-bond acceptors (Lipinski definition) is 2. The summed E-state index contributed by atoms with van der Waals surface area (Å²) in [4.78, 5) is 1.99. The van der Waals surface area contributed by atoms with Gasteiger partial charge in [-0.3, -0.25) is 4.90 Å². The third-order valence-electron chi connectivity index (χ3n) is 3.54. The highest BCUT2D eigenvalue weighted by Crippen LogP contribution is 2.45. The Hall–Kier alpha value is -1.21. The molecule has 2 nitrogen and oxygen atoms in total. The van der Waals surface area contributed by atoms with Gasteiger partial charge in [0.25, 0.3) is 0 Å². The molecule has 0 bridgehead atoms. The van der Waals surface area contributed by atoms with Crippen molar-refractivity contribution >= 4 is 0 Å². The molecule has 2 rings (SSSR count). The lowest BCUT2D eigenvalue weighted by molar-refractivity contribution is -0.289. The van der Waals surface area contributed by atoms with Crippen molar-refractivity contribution in [2.75, 3.05) is 19.8 Å². The topological polar surface area (TPSA) is 12.5 Å². The quantitative estimate of drug-likeness (QED) is 0.756. The van der Waals surface area contributed by atoms with Crippen LogP contribution in [0.2, 0.25) is 0 Å². The zero-order valence-corrected chi connectivity index (χ0v) is 11.9. The second-order valence-electron chi connectivity index (χ2n) is 5.19. The normalized spacial score (nSPS) is 17.7. The number of piperidine rings is 1. The van der Waals surface area contributed by atoms with Gasteiger partial charge in [-0.25, -0.2) is 0 Å². The van der Waals surface area contributed by atoms with Crippen LogP contribution < -0.4 is 0 Å². The Morgan fingerprint density at radius 1 is 1.00 bits per heavy atom. The third-order valence-corrected chi connectivity index (χ3v) is 3.54. The van der Waals surface area contributed by atoms with Crippen molar-refractivity contribution in [3.8, 4) is 0 Å². The fraction of sp³-hybridized carbons (Fsp3) is 0.533. The highest BCUT2D eigenvalue weighted by molar-refractivity contribution is 5.31. The molecule has 7 heteroatoms. The highest BCUT2D eigenvalue weighted by atomic mass is 19.4. The molecule has 1 saturated heterocycles. The Balaban J connectivity index is 2.02. The Labute approximate surface area is 125 Å². The Bertz CT molecular complexity index is 483. The van der Waals surface area contributed by atoms with E-state index in [0.29, 0.717) is 0 Å². The van der Waals surface area contributed by atoms with E-state index < -0.39 is 17.7 Å². The number of hydrogen-bond donors (Lipinski definition) is 0. The minimum absolute atomic E-state index is 0.145. The van der Waals surface area contributed by atoms with Crippen LogP contribution >= 0.6 is 0 Å². The number of likely N-dealkylation sites (tertiary alicyclic amines) is 1. The second-order valence-corrected chi connectivity index (χ2v) is 5.19. The van der Waals surface area contributed by atoms with E-state index in [1.165, 1.54) is 18.2 Å². The summed E-state index contributed by atoms with van der Waals surface area (Å²) >= 11 is 0. The second kappa shape index (κ2) is 6.91. The van der Waals surface area contributed by atoms with Crippen molar-refractivity contribution in [2.24, 2.45) is 0 Å². The van der Waals surface area contributed by atoms with E-state index in [-0.39, 0.29) is 18.9 Å². The maximum Gasteiger partial charge on any atom is 0.458 e. The van der Waals surface area contributed by atoms with Gasteiger partial charge < -0.3 is 4.74 Å². The molecule has 1 aromatic rings. The summed E-state index contributed by atoms with van der Waals surface area (Å²) in [5.74, 6) is -4.88. The molecule has 0 spiro atoms. The number of halogens is 5. The molecule has 0 amide bonds. The predicted molar refractivity (Wildman–Crippen MR) is 71.2 cm³/mol. The maximum absolute atomic E-state index is 13.5. The maximum atomic E-state index is 13.5. The fourth-order valence-electron chi connectivity index (χ4n) is 2.32. The van der Waals surface area contributed by atoms with Crippen molar-refractivity contribution in [3.63, 3.8) is 0 Å². The SMILES string of the molecule is FC(F)(F)C(F)(F)c1ccccc1COCN1CC[CH]CC1. The zero-order valence-electron chi connectivity index (χ0n) is 11.9. The Morgan fingerprint density at radius 3 is 2.27 bits per heavy atom.